The predicted molar refractivity (Wildman–Crippen MR) is 125 cm³/mol. The number of carbonyl (C=O) groups is 1. The molecular weight excluding hydrogens is 390 g/mol. The van der Waals surface area contributed by atoms with Crippen molar-refractivity contribution in [2.45, 2.75) is 64.7 Å². The Kier molecular flexibility index (Phi) is 5.09. The van der Waals surface area contributed by atoms with E-state index in [1.165, 1.54) is 40.0 Å². The average Bonchev–Trinajstić information content (AvgIpc) is 3.20. The van der Waals surface area contributed by atoms with Crippen LogP contribution in [0.3, 0.4) is 0 Å². The Morgan fingerprint density at radius 2 is 1.70 bits per heavy atom. The van der Waals surface area contributed by atoms with Crippen LogP contribution in [0.1, 0.15) is 74.5 Å². The van der Waals surface area contributed by atoms with Crippen LogP contribution in [-0.4, -0.2) is 16.1 Å². The number of hydrogen-bond donors (Lipinski definition) is 1. The van der Waals surface area contributed by atoms with E-state index >= 15 is 0 Å². The molecule has 156 valence electrons. The number of rotatable bonds is 4. The molecule has 0 saturated heterocycles. The van der Waals surface area contributed by atoms with Crippen LogP contribution in [0.4, 0.5) is 0 Å². The Balaban J connectivity index is 1.80. The monoisotopic (exact) mass is 419 g/mol. The summed E-state index contributed by atoms with van der Waals surface area (Å²) in [6, 6.07) is 11.6. The van der Waals surface area contributed by atoms with Gasteiger partial charge in [-0.1, -0.05) is 58.9 Å². The first-order valence-corrected chi connectivity index (χ1v) is 11.4. The normalized spacial score (nSPS) is 16.8. The van der Waals surface area contributed by atoms with Gasteiger partial charge >= 0.3 is 5.97 Å². The number of aromatic nitrogens is 1. The molecule has 0 atom stereocenters. The number of aromatic carboxylic acids is 1. The van der Waals surface area contributed by atoms with Crippen LogP contribution in [0.5, 0.6) is 0 Å². The van der Waals surface area contributed by atoms with Gasteiger partial charge in [0.1, 0.15) is 5.01 Å². The second-order valence-electron chi connectivity index (χ2n) is 9.55. The molecule has 1 aliphatic carbocycles. The van der Waals surface area contributed by atoms with Crippen molar-refractivity contribution in [3.05, 3.63) is 64.8 Å². The minimum absolute atomic E-state index is 0.173. The first-order valence-electron chi connectivity index (χ1n) is 10.6. The molecule has 2 aromatic carbocycles. The molecule has 4 rings (SSSR count). The van der Waals surface area contributed by atoms with Gasteiger partial charge in [-0.25, -0.2) is 9.78 Å². The fraction of sp³-hybridized carbons (Fsp3) is 0.385. The Hall–Kier alpha value is -2.46. The van der Waals surface area contributed by atoms with Crippen molar-refractivity contribution in [1.82, 2.24) is 4.98 Å². The van der Waals surface area contributed by atoms with Crippen molar-refractivity contribution in [3.63, 3.8) is 0 Å². The summed E-state index contributed by atoms with van der Waals surface area (Å²) in [7, 11) is 0. The summed E-state index contributed by atoms with van der Waals surface area (Å²) in [5, 5.41) is 10.0. The molecule has 3 nitrogen and oxygen atoms in total. The summed E-state index contributed by atoms with van der Waals surface area (Å²) in [6.07, 6.45) is 5.38. The maximum absolute atomic E-state index is 11.1. The number of carboxylic acid groups (broad SMARTS) is 1. The van der Waals surface area contributed by atoms with Crippen molar-refractivity contribution in [3.8, 4) is 21.0 Å². The van der Waals surface area contributed by atoms with Gasteiger partial charge in [-0.05, 0) is 64.5 Å². The topological polar surface area (TPSA) is 50.2 Å². The number of thiazole rings is 1. The predicted octanol–water partition coefficient (Wildman–Crippen LogP) is 7.09. The lowest BCUT2D eigenvalue weighted by Crippen LogP contribution is -2.35. The SMILES string of the molecule is CCc1c(-c2cnc(-c3ccc(C(=O)O)cc3)s2)ccc2c1C(C)(C)CCC2(C)C. The van der Waals surface area contributed by atoms with Gasteiger partial charge in [-0.2, -0.15) is 0 Å². The summed E-state index contributed by atoms with van der Waals surface area (Å²) in [4.78, 5) is 16.9. The highest BCUT2D eigenvalue weighted by Gasteiger charge is 2.39. The third-order valence-electron chi connectivity index (χ3n) is 6.60. The number of nitrogens with zero attached hydrogens (tertiary/aromatic N) is 1. The van der Waals surface area contributed by atoms with Crippen LogP contribution in [0.25, 0.3) is 21.0 Å². The third kappa shape index (κ3) is 3.47. The van der Waals surface area contributed by atoms with Gasteiger partial charge in [0, 0.05) is 11.8 Å². The second kappa shape index (κ2) is 7.35. The van der Waals surface area contributed by atoms with Crippen molar-refractivity contribution in [2.75, 3.05) is 0 Å². The van der Waals surface area contributed by atoms with Gasteiger partial charge in [-0.3, -0.25) is 0 Å². The zero-order chi connectivity index (χ0) is 21.7. The molecule has 0 spiro atoms. The maximum Gasteiger partial charge on any atom is 0.335 e. The summed E-state index contributed by atoms with van der Waals surface area (Å²) in [5.74, 6) is -0.909. The molecular formula is C26H29NO2S. The molecule has 1 heterocycles. The molecule has 3 aromatic rings. The van der Waals surface area contributed by atoms with E-state index < -0.39 is 5.97 Å². The van der Waals surface area contributed by atoms with Crippen LogP contribution in [0.2, 0.25) is 0 Å². The maximum atomic E-state index is 11.1. The molecule has 0 saturated carbocycles. The molecule has 1 aliphatic rings. The van der Waals surface area contributed by atoms with E-state index in [0.29, 0.717) is 5.56 Å². The first kappa shape index (κ1) is 20.8. The minimum Gasteiger partial charge on any atom is -0.478 e. The summed E-state index contributed by atoms with van der Waals surface area (Å²) < 4.78 is 0. The number of carboxylic acids is 1. The molecule has 1 aromatic heterocycles. The quantitative estimate of drug-likeness (QED) is 0.491. The molecule has 4 heteroatoms. The fourth-order valence-corrected chi connectivity index (χ4v) is 5.73. The molecule has 1 N–H and O–H groups in total. The van der Waals surface area contributed by atoms with E-state index in [9.17, 15) is 4.79 Å². The Morgan fingerprint density at radius 1 is 1.03 bits per heavy atom. The number of benzene rings is 2. The van der Waals surface area contributed by atoms with E-state index in [0.717, 1.165) is 17.0 Å². The fourth-order valence-electron chi connectivity index (χ4n) is 4.76. The molecule has 0 aliphatic heterocycles. The van der Waals surface area contributed by atoms with Crippen LogP contribution in [-0.2, 0) is 17.3 Å². The van der Waals surface area contributed by atoms with Crippen molar-refractivity contribution >= 4 is 17.3 Å². The molecule has 0 amide bonds. The molecule has 0 bridgehead atoms. The van der Waals surface area contributed by atoms with Gasteiger partial charge in [0.2, 0.25) is 0 Å². The highest BCUT2D eigenvalue weighted by Crippen LogP contribution is 2.49. The highest BCUT2D eigenvalue weighted by molar-refractivity contribution is 7.18. The van der Waals surface area contributed by atoms with E-state index in [-0.39, 0.29) is 10.8 Å². The summed E-state index contributed by atoms with van der Waals surface area (Å²) in [6.45, 7) is 11.7. The van der Waals surface area contributed by atoms with Gasteiger partial charge in [0.05, 0.1) is 10.4 Å². The number of hydrogen-bond acceptors (Lipinski definition) is 3. The highest BCUT2D eigenvalue weighted by atomic mass is 32.1. The van der Waals surface area contributed by atoms with E-state index in [4.69, 9.17) is 5.11 Å². The van der Waals surface area contributed by atoms with E-state index in [1.54, 1.807) is 23.5 Å². The van der Waals surface area contributed by atoms with E-state index in [1.807, 2.05) is 18.3 Å². The Morgan fingerprint density at radius 3 is 2.33 bits per heavy atom. The smallest absolute Gasteiger partial charge is 0.335 e. The van der Waals surface area contributed by atoms with Crippen molar-refractivity contribution in [2.24, 2.45) is 0 Å². The van der Waals surface area contributed by atoms with Crippen LogP contribution >= 0.6 is 11.3 Å². The molecule has 30 heavy (non-hydrogen) atoms. The zero-order valence-corrected chi connectivity index (χ0v) is 19.2. The van der Waals surface area contributed by atoms with Gasteiger partial charge in [0.25, 0.3) is 0 Å². The molecule has 0 radical (unpaired) electrons. The standard InChI is InChI=1S/C26H29NO2S/c1-6-18-19(11-12-20-22(18)26(4,5)14-13-25(20,2)3)21-15-27-23(30-21)16-7-9-17(10-8-16)24(28)29/h7-12,15H,6,13-14H2,1-5H3,(H,28,29). The van der Waals surface area contributed by atoms with Crippen LogP contribution in [0.15, 0.2) is 42.6 Å². The largest absolute Gasteiger partial charge is 0.478 e. The van der Waals surface area contributed by atoms with Gasteiger partial charge in [0.15, 0.2) is 0 Å². The lowest BCUT2D eigenvalue weighted by atomic mass is 9.61. The van der Waals surface area contributed by atoms with Crippen LogP contribution in [0, 0.1) is 0 Å². The van der Waals surface area contributed by atoms with Crippen LogP contribution < -0.4 is 0 Å². The third-order valence-corrected chi connectivity index (χ3v) is 7.68. The average molecular weight is 420 g/mol. The lowest BCUT2D eigenvalue weighted by molar-refractivity contribution is 0.0697. The molecule has 0 fully saturated rings. The summed E-state index contributed by atoms with van der Waals surface area (Å²) in [5.41, 5.74) is 7.38. The Labute approximate surface area is 182 Å². The second-order valence-corrected chi connectivity index (χ2v) is 10.6. The number of fused-ring (bicyclic) bond motifs is 1. The summed E-state index contributed by atoms with van der Waals surface area (Å²) >= 11 is 1.68. The molecule has 0 unspecified atom stereocenters. The first-order chi connectivity index (χ1) is 14.1. The van der Waals surface area contributed by atoms with Gasteiger partial charge < -0.3 is 5.11 Å². The zero-order valence-electron chi connectivity index (χ0n) is 18.4. The minimum atomic E-state index is -0.909. The van der Waals surface area contributed by atoms with E-state index in [2.05, 4.69) is 51.7 Å². The van der Waals surface area contributed by atoms with Crippen molar-refractivity contribution < 1.29 is 9.90 Å². The lowest BCUT2D eigenvalue weighted by Gasteiger charge is -2.43. The van der Waals surface area contributed by atoms with Gasteiger partial charge in [-0.15, -0.1) is 11.3 Å². The Bertz CT molecular complexity index is 1110. The van der Waals surface area contributed by atoms with Crippen molar-refractivity contribution in [1.29, 1.82) is 0 Å².